The van der Waals surface area contributed by atoms with E-state index < -0.39 is 8.07 Å². The number of hydrogen-bond acceptors (Lipinski definition) is 2. The van der Waals surface area contributed by atoms with E-state index in [1.807, 2.05) is 10.7 Å². The van der Waals surface area contributed by atoms with Crippen molar-refractivity contribution in [1.29, 1.82) is 0 Å². The number of hydrogen-bond donors (Lipinski definition) is 0. The van der Waals surface area contributed by atoms with Gasteiger partial charge in [-0.15, -0.1) is 0 Å². The second kappa shape index (κ2) is 5.98. The van der Waals surface area contributed by atoms with E-state index in [-0.39, 0.29) is 0 Å². The summed E-state index contributed by atoms with van der Waals surface area (Å²) in [6.45, 7) is 10.6. The molecule has 0 atom stereocenters. The van der Waals surface area contributed by atoms with Crippen LogP contribution in [0.3, 0.4) is 0 Å². The fourth-order valence-corrected chi connectivity index (χ4v) is 2.56. The van der Waals surface area contributed by atoms with Crippen LogP contribution in [0, 0.1) is 0 Å². The van der Waals surface area contributed by atoms with Crippen LogP contribution in [0.5, 0.6) is 0 Å². The molecule has 1 aromatic rings. The van der Waals surface area contributed by atoms with Crippen molar-refractivity contribution < 1.29 is 4.74 Å². The molecular formula is C11H21BrN2OSi. The van der Waals surface area contributed by atoms with E-state index >= 15 is 0 Å². The largest absolute Gasteiger partial charge is 0.360 e. The molecule has 0 saturated heterocycles. The normalized spacial score (nSPS) is 12.1. The molecule has 0 amide bonds. The molecule has 92 valence electrons. The van der Waals surface area contributed by atoms with Crippen molar-refractivity contribution >= 4 is 24.0 Å². The molecule has 0 bridgehead atoms. The Morgan fingerprint density at radius 3 is 2.69 bits per heavy atom. The maximum absolute atomic E-state index is 5.67. The third kappa shape index (κ3) is 4.80. The lowest BCUT2D eigenvalue weighted by molar-refractivity contribution is 0.0764. The summed E-state index contributed by atoms with van der Waals surface area (Å²) in [6.07, 6.45) is 0.982. The zero-order chi connectivity index (χ0) is 12.2. The highest BCUT2D eigenvalue weighted by atomic mass is 79.9. The van der Waals surface area contributed by atoms with E-state index in [2.05, 4.69) is 47.6 Å². The van der Waals surface area contributed by atoms with E-state index in [1.54, 1.807) is 0 Å². The lowest BCUT2D eigenvalue weighted by Gasteiger charge is -2.15. The Balaban J connectivity index is 2.37. The van der Waals surface area contributed by atoms with E-state index in [0.717, 1.165) is 17.6 Å². The highest BCUT2D eigenvalue weighted by Crippen LogP contribution is 2.12. The van der Waals surface area contributed by atoms with Gasteiger partial charge in [0.2, 0.25) is 0 Å². The summed E-state index contributed by atoms with van der Waals surface area (Å²) in [5, 5.41) is 4.34. The number of nitrogens with zero attached hydrogens (tertiary/aromatic N) is 2. The molecule has 0 aliphatic rings. The second-order valence-electron chi connectivity index (χ2n) is 5.16. The summed E-state index contributed by atoms with van der Waals surface area (Å²) in [5.74, 6) is 0. The van der Waals surface area contributed by atoms with Gasteiger partial charge in [0.25, 0.3) is 0 Å². The topological polar surface area (TPSA) is 27.1 Å². The Hall–Kier alpha value is -0.133. The molecule has 1 heterocycles. The van der Waals surface area contributed by atoms with Crippen molar-refractivity contribution in [3.8, 4) is 0 Å². The minimum atomic E-state index is -0.976. The van der Waals surface area contributed by atoms with E-state index in [0.29, 0.717) is 6.73 Å². The fourth-order valence-electron chi connectivity index (χ4n) is 1.35. The van der Waals surface area contributed by atoms with Crippen LogP contribution < -0.4 is 0 Å². The smallest absolute Gasteiger partial charge is 0.139 e. The molecule has 1 rings (SSSR count). The second-order valence-corrected chi connectivity index (χ2v) is 11.6. The summed E-state index contributed by atoms with van der Waals surface area (Å²) >= 11 is 3.38. The summed E-state index contributed by atoms with van der Waals surface area (Å²) in [7, 11) is -0.976. The van der Waals surface area contributed by atoms with Crippen LogP contribution >= 0.6 is 15.9 Å². The van der Waals surface area contributed by atoms with Crippen LogP contribution in [0.4, 0.5) is 0 Å². The van der Waals surface area contributed by atoms with Crippen LogP contribution in [-0.2, 0) is 17.9 Å². The molecule has 0 aliphatic heterocycles. The third-order valence-corrected chi connectivity index (χ3v) is 4.50. The Bertz CT molecular complexity index is 333. The quantitative estimate of drug-likeness (QED) is 0.594. The Morgan fingerprint density at radius 1 is 1.44 bits per heavy atom. The van der Waals surface area contributed by atoms with Gasteiger partial charge in [-0.1, -0.05) is 26.6 Å². The van der Waals surface area contributed by atoms with Crippen LogP contribution in [0.2, 0.25) is 25.7 Å². The number of ether oxygens (including phenoxy) is 1. The van der Waals surface area contributed by atoms with E-state index in [9.17, 15) is 0 Å². The molecule has 3 nitrogen and oxygen atoms in total. The van der Waals surface area contributed by atoms with Gasteiger partial charge in [-0.2, -0.15) is 5.10 Å². The van der Waals surface area contributed by atoms with Crippen molar-refractivity contribution in [1.82, 2.24) is 9.78 Å². The first kappa shape index (κ1) is 13.9. The average molecular weight is 305 g/mol. The Morgan fingerprint density at radius 2 is 2.12 bits per heavy atom. The van der Waals surface area contributed by atoms with Crippen LogP contribution in [0.1, 0.15) is 12.6 Å². The van der Waals surface area contributed by atoms with Gasteiger partial charge < -0.3 is 4.74 Å². The molecule has 0 aromatic carbocycles. The number of halogens is 1. The van der Waals surface area contributed by atoms with E-state index in [1.165, 1.54) is 11.7 Å². The summed E-state index contributed by atoms with van der Waals surface area (Å²) < 4.78 is 8.48. The molecule has 0 aliphatic carbocycles. The minimum Gasteiger partial charge on any atom is -0.360 e. The molecule has 0 unspecified atom stereocenters. The summed E-state index contributed by atoms with van der Waals surface area (Å²) in [6, 6.07) is 3.25. The van der Waals surface area contributed by atoms with Crippen LogP contribution in [0.25, 0.3) is 0 Å². The predicted octanol–water partition coefficient (Wildman–Crippen LogP) is 3.52. The Kier molecular flexibility index (Phi) is 5.21. The molecule has 0 radical (unpaired) electrons. The molecule has 1 aromatic heterocycles. The van der Waals surface area contributed by atoms with Crippen molar-refractivity contribution in [2.24, 2.45) is 0 Å². The van der Waals surface area contributed by atoms with Gasteiger partial charge in [0.1, 0.15) is 11.3 Å². The fraction of sp³-hybridized carbons (Fsp3) is 0.727. The van der Waals surface area contributed by atoms with Gasteiger partial charge in [-0.05, 0) is 34.5 Å². The first-order chi connectivity index (χ1) is 7.42. The SMILES string of the molecule is CCc1cc(Br)nn1COCC[Si](C)(C)C. The summed E-state index contributed by atoms with van der Waals surface area (Å²) in [4.78, 5) is 0. The zero-order valence-electron chi connectivity index (χ0n) is 10.6. The number of aryl methyl sites for hydroxylation is 1. The molecule has 5 heteroatoms. The molecule has 0 N–H and O–H groups in total. The first-order valence-corrected chi connectivity index (χ1v) is 10.2. The van der Waals surface area contributed by atoms with Crippen molar-refractivity contribution in [3.05, 3.63) is 16.4 Å². The molecule has 0 fully saturated rings. The van der Waals surface area contributed by atoms with Crippen molar-refractivity contribution in [2.75, 3.05) is 6.61 Å². The number of rotatable bonds is 6. The monoisotopic (exact) mass is 304 g/mol. The average Bonchev–Trinajstić information content (AvgIpc) is 2.52. The van der Waals surface area contributed by atoms with Crippen LogP contribution in [-0.4, -0.2) is 24.5 Å². The zero-order valence-corrected chi connectivity index (χ0v) is 13.2. The first-order valence-electron chi connectivity index (χ1n) is 5.72. The van der Waals surface area contributed by atoms with Crippen molar-refractivity contribution in [2.45, 2.75) is 45.8 Å². The third-order valence-electron chi connectivity index (χ3n) is 2.41. The summed E-state index contributed by atoms with van der Waals surface area (Å²) in [5.41, 5.74) is 1.21. The standard InChI is InChI=1S/C11H21BrN2OSi/c1-5-10-8-11(12)13-14(10)9-15-6-7-16(2,3)4/h8H,5-7,9H2,1-4H3. The van der Waals surface area contributed by atoms with Crippen molar-refractivity contribution in [3.63, 3.8) is 0 Å². The number of aromatic nitrogens is 2. The highest BCUT2D eigenvalue weighted by Gasteiger charge is 2.12. The molecular weight excluding hydrogens is 284 g/mol. The Labute approximate surface area is 107 Å². The van der Waals surface area contributed by atoms with Gasteiger partial charge >= 0.3 is 0 Å². The molecule has 16 heavy (non-hydrogen) atoms. The van der Waals surface area contributed by atoms with E-state index in [4.69, 9.17) is 4.74 Å². The van der Waals surface area contributed by atoms with Gasteiger partial charge in [0.15, 0.2) is 0 Å². The highest BCUT2D eigenvalue weighted by molar-refractivity contribution is 9.10. The lowest BCUT2D eigenvalue weighted by atomic mass is 10.3. The lowest BCUT2D eigenvalue weighted by Crippen LogP contribution is -2.22. The minimum absolute atomic E-state index is 0.569. The molecule has 0 spiro atoms. The van der Waals surface area contributed by atoms with Gasteiger partial charge in [-0.3, -0.25) is 0 Å². The maximum Gasteiger partial charge on any atom is 0.139 e. The van der Waals surface area contributed by atoms with Gasteiger partial charge in [0.05, 0.1) is 0 Å². The van der Waals surface area contributed by atoms with Crippen LogP contribution in [0.15, 0.2) is 10.7 Å². The van der Waals surface area contributed by atoms with Gasteiger partial charge in [-0.25, -0.2) is 4.68 Å². The predicted molar refractivity (Wildman–Crippen MR) is 73.4 cm³/mol. The maximum atomic E-state index is 5.67. The molecule has 0 saturated carbocycles. The van der Waals surface area contributed by atoms with Gasteiger partial charge in [0, 0.05) is 20.4 Å².